The van der Waals surface area contributed by atoms with Gasteiger partial charge in [-0.25, -0.2) is 0 Å². The SMILES string of the molecule is N#CC(C#N)=C1C=C(C2=Cc3cc4c(cc3C23CCCCC3)-c2cc3c(cc2C42CCCCC2)C=C(C2=CC(=C(C#N)C#N)CCC2)C32CCCCC2)CCC1. The quantitative estimate of drug-likeness (QED) is 0.287. The number of benzene rings is 2. The predicted molar refractivity (Wildman–Crippen MR) is 222 cm³/mol. The molecule has 8 aliphatic rings. The highest BCUT2D eigenvalue weighted by Crippen LogP contribution is 2.63. The zero-order valence-electron chi connectivity index (χ0n) is 32.8. The van der Waals surface area contributed by atoms with Gasteiger partial charge >= 0.3 is 0 Å². The molecule has 0 amide bonds. The summed E-state index contributed by atoms with van der Waals surface area (Å²) in [5.41, 5.74) is 20.0. The van der Waals surface area contributed by atoms with E-state index in [1.807, 2.05) is 0 Å². The van der Waals surface area contributed by atoms with Gasteiger partial charge in [-0.05, 0) is 179 Å². The zero-order valence-corrected chi connectivity index (χ0v) is 32.8. The van der Waals surface area contributed by atoms with E-state index in [2.05, 4.69) is 72.8 Å². The molecule has 4 heteroatoms. The normalized spacial score (nSPS) is 23.3. The van der Waals surface area contributed by atoms with Crippen molar-refractivity contribution in [2.24, 2.45) is 0 Å². The third-order valence-corrected chi connectivity index (χ3v) is 15.7. The van der Waals surface area contributed by atoms with E-state index in [-0.39, 0.29) is 27.4 Å². The molecule has 10 rings (SSSR count). The Morgan fingerprint density at radius 2 is 0.768 bits per heavy atom. The summed E-state index contributed by atoms with van der Waals surface area (Å²) in [6.45, 7) is 0. The van der Waals surface area contributed by atoms with Gasteiger partial charge < -0.3 is 0 Å². The van der Waals surface area contributed by atoms with Crippen molar-refractivity contribution in [2.75, 3.05) is 0 Å². The van der Waals surface area contributed by atoms with E-state index in [0.29, 0.717) is 0 Å². The van der Waals surface area contributed by atoms with E-state index < -0.39 is 0 Å². The zero-order chi connectivity index (χ0) is 38.1. The van der Waals surface area contributed by atoms with Crippen LogP contribution in [0, 0.1) is 45.3 Å². The standard InChI is InChI=1S/C52H50N4/c53-30-40(31-54)34-12-10-14-36(22-34)44-24-38-26-48-42(28-46(38)50(44)16-4-1-5-17-50)43-29-47-39(27-49(43)52(48)20-8-3-9-21-52)25-45(51(47)18-6-2-7-19-51)37-15-11-13-35(23-37)41(32-55)33-56/h22-29H,1-21H2. The van der Waals surface area contributed by atoms with Crippen molar-refractivity contribution in [1.82, 2.24) is 0 Å². The monoisotopic (exact) mass is 730 g/mol. The van der Waals surface area contributed by atoms with Gasteiger partial charge in [0.05, 0.1) is 0 Å². The second-order valence-electron chi connectivity index (χ2n) is 18.3. The molecule has 0 N–H and O–H groups in total. The molecule has 0 atom stereocenters. The summed E-state index contributed by atoms with van der Waals surface area (Å²) in [7, 11) is 0. The molecule has 0 radical (unpaired) electrons. The molecule has 0 aliphatic heterocycles. The molecule has 0 unspecified atom stereocenters. The summed E-state index contributed by atoms with van der Waals surface area (Å²) in [6, 6.07) is 19.4. The van der Waals surface area contributed by atoms with Crippen LogP contribution in [0.4, 0.5) is 0 Å². The van der Waals surface area contributed by atoms with Crippen LogP contribution in [0.15, 0.2) is 81.0 Å². The van der Waals surface area contributed by atoms with Crippen molar-refractivity contribution >= 4 is 12.2 Å². The Hall–Kier alpha value is -5.16. The summed E-state index contributed by atoms with van der Waals surface area (Å²) in [5.74, 6) is 0. The van der Waals surface area contributed by atoms with Gasteiger partial charge in [0.25, 0.3) is 0 Å². The predicted octanol–water partition coefficient (Wildman–Crippen LogP) is 13.0. The minimum absolute atomic E-state index is 0.0146. The maximum Gasteiger partial charge on any atom is 0.132 e. The van der Waals surface area contributed by atoms with Crippen molar-refractivity contribution in [1.29, 1.82) is 21.0 Å². The minimum Gasteiger partial charge on any atom is -0.192 e. The van der Waals surface area contributed by atoms with Crippen LogP contribution in [0.2, 0.25) is 0 Å². The van der Waals surface area contributed by atoms with E-state index >= 15 is 0 Å². The van der Waals surface area contributed by atoms with Gasteiger partial charge in [-0.3, -0.25) is 0 Å². The number of hydrogen-bond acceptors (Lipinski definition) is 4. The van der Waals surface area contributed by atoms with Crippen LogP contribution in [-0.2, 0) is 16.2 Å². The molecule has 0 aromatic heterocycles. The van der Waals surface area contributed by atoms with Gasteiger partial charge in [-0.15, -0.1) is 0 Å². The Labute approximate surface area is 332 Å². The van der Waals surface area contributed by atoms with E-state index in [4.69, 9.17) is 0 Å². The summed E-state index contributed by atoms with van der Waals surface area (Å²) in [5, 5.41) is 39.1. The lowest BCUT2D eigenvalue weighted by atomic mass is 9.63. The van der Waals surface area contributed by atoms with E-state index in [9.17, 15) is 21.0 Å². The van der Waals surface area contributed by atoms with Crippen LogP contribution in [0.3, 0.4) is 0 Å². The summed E-state index contributed by atoms with van der Waals surface area (Å²) in [4.78, 5) is 0. The fourth-order valence-electron chi connectivity index (χ4n) is 13.2. The Kier molecular flexibility index (Phi) is 8.50. The molecule has 0 bridgehead atoms. The lowest BCUT2D eigenvalue weighted by Crippen LogP contribution is -2.31. The fraction of sp³-hybridized carbons (Fsp3) is 0.462. The molecule has 2 aromatic carbocycles. The second kappa shape index (κ2) is 13.5. The molecule has 0 heterocycles. The van der Waals surface area contributed by atoms with Gasteiger partial charge in [0.15, 0.2) is 0 Å². The molecular formula is C52H50N4. The van der Waals surface area contributed by atoms with Gasteiger partial charge in [0, 0.05) is 16.2 Å². The van der Waals surface area contributed by atoms with E-state index in [1.165, 1.54) is 126 Å². The molecule has 4 nitrogen and oxygen atoms in total. The minimum atomic E-state index is -0.0146. The third-order valence-electron chi connectivity index (χ3n) is 15.7. The molecule has 0 saturated heterocycles. The Morgan fingerprint density at radius 3 is 1.14 bits per heavy atom. The van der Waals surface area contributed by atoms with E-state index in [1.54, 1.807) is 11.1 Å². The van der Waals surface area contributed by atoms with E-state index in [0.717, 1.165) is 75.4 Å². The first kappa shape index (κ1) is 35.3. The molecule has 56 heavy (non-hydrogen) atoms. The maximum atomic E-state index is 9.78. The van der Waals surface area contributed by atoms with Crippen molar-refractivity contribution in [2.45, 2.75) is 151 Å². The summed E-state index contributed by atoms with van der Waals surface area (Å²) in [6.07, 6.45) is 33.5. The molecule has 3 saturated carbocycles. The number of allylic oxidation sites excluding steroid dienone is 10. The van der Waals surface area contributed by atoms with Crippen molar-refractivity contribution in [3.05, 3.63) is 114 Å². The summed E-state index contributed by atoms with van der Waals surface area (Å²) >= 11 is 0. The number of hydrogen-bond donors (Lipinski definition) is 0. The molecule has 2 aromatic rings. The van der Waals surface area contributed by atoms with Crippen molar-refractivity contribution < 1.29 is 0 Å². The van der Waals surface area contributed by atoms with Crippen LogP contribution >= 0.6 is 0 Å². The summed E-state index contributed by atoms with van der Waals surface area (Å²) < 4.78 is 0. The lowest BCUT2D eigenvalue weighted by Gasteiger charge is -2.40. The van der Waals surface area contributed by atoms with Crippen LogP contribution in [-0.4, -0.2) is 0 Å². The van der Waals surface area contributed by atoms with Crippen molar-refractivity contribution in [3.8, 4) is 35.4 Å². The Bertz CT molecular complexity index is 2250. The average Bonchev–Trinajstić information content (AvgIpc) is 3.81. The average molecular weight is 731 g/mol. The number of nitrogens with zero attached hydrogens (tertiary/aromatic N) is 4. The number of nitriles is 4. The smallest absolute Gasteiger partial charge is 0.132 e. The first-order chi connectivity index (χ1) is 27.5. The molecule has 8 aliphatic carbocycles. The van der Waals surface area contributed by atoms with Crippen molar-refractivity contribution in [3.63, 3.8) is 0 Å². The Balaban J connectivity index is 1.15. The highest BCUT2D eigenvalue weighted by molar-refractivity contribution is 5.90. The first-order valence-corrected chi connectivity index (χ1v) is 21.8. The Morgan fingerprint density at radius 1 is 0.393 bits per heavy atom. The van der Waals surface area contributed by atoms with Crippen LogP contribution in [0.1, 0.15) is 168 Å². The second-order valence-corrected chi connectivity index (χ2v) is 18.3. The van der Waals surface area contributed by atoms with Gasteiger partial charge in [0.1, 0.15) is 35.4 Å². The highest BCUT2D eigenvalue weighted by atomic mass is 14.5. The topological polar surface area (TPSA) is 95.2 Å². The number of fused-ring (bicyclic) bond motifs is 9. The van der Waals surface area contributed by atoms with Gasteiger partial charge in [-0.1, -0.05) is 82.1 Å². The largest absolute Gasteiger partial charge is 0.192 e. The maximum absolute atomic E-state index is 9.78. The molecular weight excluding hydrogens is 681 g/mol. The molecule has 3 spiro atoms. The molecule has 278 valence electrons. The van der Waals surface area contributed by atoms with Gasteiger partial charge in [0.2, 0.25) is 0 Å². The number of rotatable bonds is 2. The van der Waals surface area contributed by atoms with Crippen LogP contribution in [0.25, 0.3) is 23.3 Å². The fourth-order valence-corrected chi connectivity index (χ4v) is 13.2. The molecule has 3 fully saturated rings. The van der Waals surface area contributed by atoms with Crippen LogP contribution in [0.5, 0.6) is 0 Å². The first-order valence-electron chi connectivity index (χ1n) is 21.8. The van der Waals surface area contributed by atoms with Crippen LogP contribution < -0.4 is 0 Å². The highest BCUT2D eigenvalue weighted by Gasteiger charge is 2.51. The van der Waals surface area contributed by atoms with Gasteiger partial charge in [-0.2, -0.15) is 21.0 Å². The third kappa shape index (κ3) is 5.05. The lowest BCUT2D eigenvalue weighted by molar-refractivity contribution is 0.344.